The van der Waals surface area contributed by atoms with E-state index in [1.165, 1.54) is 16.7 Å². The van der Waals surface area contributed by atoms with E-state index in [2.05, 4.69) is 30.3 Å². The molecule has 2 aromatic carbocycles. The van der Waals surface area contributed by atoms with E-state index in [-0.39, 0.29) is 6.61 Å². The van der Waals surface area contributed by atoms with E-state index in [0.29, 0.717) is 13.0 Å². The van der Waals surface area contributed by atoms with Gasteiger partial charge in [-0.15, -0.1) is 0 Å². The van der Waals surface area contributed by atoms with Crippen molar-refractivity contribution in [3.63, 3.8) is 0 Å². The molecule has 0 aliphatic carbocycles. The molecule has 1 aliphatic heterocycles. The quantitative estimate of drug-likeness (QED) is 0.843. The molecular formula is C19H20ClNO2. The zero-order valence-electron chi connectivity index (χ0n) is 13.1. The largest absolute Gasteiger partial charge is 0.493 e. The molecule has 1 heterocycles. The Morgan fingerprint density at radius 2 is 1.96 bits per heavy atom. The number of ether oxygens (including phenoxy) is 1. The molecule has 3 nitrogen and oxygen atoms in total. The Morgan fingerprint density at radius 1 is 1.17 bits per heavy atom. The van der Waals surface area contributed by atoms with E-state index in [1.54, 1.807) is 0 Å². The number of halogens is 1. The molecule has 0 saturated heterocycles. The minimum Gasteiger partial charge on any atom is -0.493 e. The first kappa shape index (κ1) is 15.9. The van der Waals surface area contributed by atoms with Crippen molar-refractivity contribution < 1.29 is 9.84 Å². The van der Waals surface area contributed by atoms with Crippen LogP contribution in [0.25, 0.3) is 5.57 Å². The minimum atomic E-state index is 0.150. The predicted molar refractivity (Wildman–Crippen MR) is 93.6 cm³/mol. The van der Waals surface area contributed by atoms with Crippen LogP contribution in [0.15, 0.2) is 48.7 Å². The van der Waals surface area contributed by atoms with Crippen LogP contribution in [0.2, 0.25) is 5.02 Å². The second-order valence-corrected chi connectivity index (χ2v) is 6.15. The molecular weight excluding hydrogens is 310 g/mol. The Kier molecular flexibility index (Phi) is 4.89. The number of fused-ring (bicyclic) bond motifs is 1. The molecule has 1 N–H and O–H groups in total. The summed E-state index contributed by atoms with van der Waals surface area (Å²) in [5.74, 6) is 0.850. The summed E-state index contributed by atoms with van der Waals surface area (Å²) in [6.45, 7) is 1.53. The molecule has 120 valence electrons. The van der Waals surface area contributed by atoms with Crippen molar-refractivity contribution in [2.75, 3.05) is 20.3 Å². The zero-order chi connectivity index (χ0) is 16.2. The van der Waals surface area contributed by atoms with Crippen molar-refractivity contribution >= 4 is 17.2 Å². The Morgan fingerprint density at radius 3 is 2.70 bits per heavy atom. The predicted octanol–water partition coefficient (Wildman–Crippen LogP) is 3.94. The van der Waals surface area contributed by atoms with Crippen LogP contribution in [0, 0.1) is 0 Å². The summed E-state index contributed by atoms with van der Waals surface area (Å²) in [7, 11) is 2.07. The van der Waals surface area contributed by atoms with Gasteiger partial charge in [0.1, 0.15) is 5.75 Å². The van der Waals surface area contributed by atoms with Gasteiger partial charge in [-0.1, -0.05) is 29.8 Å². The van der Waals surface area contributed by atoms with Gasteiger partial charge < -0.3 is 14.7 Å². The first-order valence-electron chi connectivity index (χ1n) is 7.72. The third-order valence-electron chi connectivity index (χ3n) is 3.86. The summed E-state index contributed by atoms with van der Waals surface area (Å²) in [6.07, 6.45) is 2.81. The van der Waals surface area contributed by atoms with Crippen LogP contribution < -0.4 is 4.74 Å². The van der Waals surface area contributed by atoms with Crippen LogP contribution in [0.5, 0.6) is 5.75 Å². The van der Waals surface area contributed by atoms with Crippen molar-refractivity contribution in [3.05, 3.63) is 70.4 Å². The van der Waals surface area contributed by atoms with Crippen molar-refractivity contribution in [1.29, 1.82) is 0 Å². The van der Waals surface area contributed by atoms with Crippen molar-refractivity contribution in [2.24, 2.45) is 0 Å². The van der Waals surface area contributed by atoms with Gasteiger partial charge in [0, 0.05) is 43.4 Å². The molecule has 0 aromatic heterocycles. The van der Waals surface area contributed by atoms with Crippen LogP contribution in [0.1, 0.15) is 23.1 Å². The van der Waals surface area contributed by atoms with Crippen molar-refractivity contribution in [3.8, 4) is 5.75 Å². The van der Waals surface area contributed by atoms with Crippen LogP contribution in [-0.2, 0) is 6.54 Å². The molecule has 4 heteroatoms. The maximum absolute atomic E-state index is 8.85. The molecule has 1 aliphatic rings. The summed E-state index contributed by atoms with van der Waals surface area (Å²) >= 11 is 6.00. The fourth-order valence-electron chi connectivity index (χ4n) is 2.77. The molecule has 0 radical (unpaired) electrons. The fourth-order valence-corrected chi connectivity index (χ4v) is 2.90. The maximum Gasteiger partial charge on any atom is 0.119 e. The summed E-state index contributed by atoms with van der Waals surface area (Å²) < 4.78 is 5.69. The molecule has 23 heavy (non-hydrogen) atoms. The van der Waals surface area contributed by atoms with Gasteiger partial charge in [-0.25, -0.2) is 0 Å². The Labute approximate surface area is 141 Å². The van der Waals surface area contributed by atoms with E-state index in [1.807, 2.05) is 30.3 Å². The number of hydrogen-bond donors (Lipinski definition) is 1. The van der Waals surface area contributed by atoms with Crippen LogP contribution in [-0.4, -0.2) is 30.3 Å². The van der Waals surface area contributed by atoms with Crippen LogP contribution >= 0.6 is 11.6 Å². The molecule has 0 atom stereocenters. The Bertz CT molecular complexity index is 710. The van der Waals surface area contributed by atoms with Gasteiger partial charge in [0.2, 0.25) is 0 Å². The number of benzene rings is 2. The van der Waals surface area contributed by atoms with Gasteiger partial charge in [0.15, 0.2) is 0 Å². The van der Waals surface area contributed by atoms with Gasteiger partial charge in [-0.05, 0) is 41.0 Å². The standard InChI is InChI=1S/C19H20ClNO2/c1-21-12-15-11-17(23-10-2-9-22)7-8-18(15)19(13-21)14-3-5-16(20)6-4-14/h3-8,11,13,22H,2,9-10,12H2,1H3. The molecule has 0 spiro atoms. The number of aliphatic hydroxyl groups excluding tert-OH is 1. The lowest BCUT2D eigenvalue weighted by molar-refractivity contribution is 0.233. The van der Waals surface area contributed by atoms with E-state index >= 15 is 0 Å². The normalized spacial score (nSPS) is 13.5. The first-order valence-corrected chi connectivity index (χ1v) is 8.10. The molecule has 0 bridgehead atoms. The van der Waals surface area contributed by atoms with Crippen LogP contribution in [0.3, 0.4) is 0 Å². The highest BCUT2D eigenvalue weighted by atomic mass is 35.5. The lowest BCUT2D eigenvalue weighted by Crippen LogP contribution is -2.17. The second-order valence-electron chi connectivity index (χ2n) is 5.71. The molecule has 3 rings (SSSR count). The summed E-state index contributed by atoms with van der Waals surface area (Å²) in [4.78, 5) is 2.17. The minimum absolute atomic E-state index is 0.150. The SMILES string of the molecule is CN1C=C(c2ccc(Cl)cc2)c2ccc(OCCCO)cc2C1. The average molecular weight is 330 g/mol. The Balaban J connectivity index is 1.91. The first-order chi connectivity index (χ1) is 11.2. The lowest BCUT2D eigenvalue weighted by Gasteiger charge is -2.26. The van der Waals surface area contributed by atoms with E-state index in [9.17, 15) is 0 Å². The summed E-state index contributed by atoms with van der Waals surface area (Å²) in [6, 6.07) is 14.1. The van der Waals surface area contributed by atoms with Gasteiger partial charge in [-0.2, -0.15) is 0 Å². The van der Waals surface area contributed by atoms with Crippen molar-refractivity contribution in [1.82, 2.24) is 4.90 Å². The number of rotatable bonds is 5. The smallest absolute Gasteiger partial charge is 0.119 e. The van der Waals surface area contributed by atoms with Gasteiger partial charge >= 0.3 is 0 Å². The van der Waals surface area contributed by atoms with Crippen molar-refractivity contribution in [2.45, 2.75) is 13.0 Å². The zero-order valence-corrected chi connectivity index (χ0v) is 13.9. The van der Waals surface area contributed by atoms with E-state index in [0.717, 1.165) is 22.9 Å². The highest BCUT2D eigenvalue weighted by Crippen LogP contribution is 2.33. The summed E-state index contributed by atoms with van der Waals surface area (Å²) in [5.41, 5.74) is 4.80. The number of nitrogens with zero attached hydrogens (tertiary/aromatic N) is 1. The number of hydrogen-bond acceptors (Lipinski definition) is 3. The topological polar surface area (TPSA) is 32.7 Å². The highest BCUT2D eigenvalue weighted by molar-refractivity contribution is 6.30. The molecule has 0 saturated carbocycles. The average Bonchev–Trinajstić information content (AvgIpc) is 2.55. The summed E-state index contributed by atoms with van der Waals surface area (Å²) in [5, 5.41) is 9.59. The highest BCUT2D eigenvalue weighted by Gasteiger charge is 2.17. The Hall–Kier alpha value is -1.97. The number of aliphatic hydroxyl groups is 1. The monoisotopic (exact) mass is 329 g/mol. The second kappa shape index (κ2) is 7.07. The van der Waals surface area contributed by atoms with Gasteiger partial charge in [0.05, 0.1) is 6.61 Å². The third-order valence-corrected chi connectivity index (χ3v) is 4.11. The molecule has 0 amide bonds. The maximum atomic E-state index is 8.85. The fraction of sp³-hybridized carbons (Fsp3) is 0.263. The lowest BCUT2D eigenvalue weighted by atomic mass is 9.92. The molecule has 2 aromatic rings. The molecule has 0 unspecified atom stereocenters. The van der Waals surface area contributed by atoms with E-state index in [4.69, 9.17) is 21.4 Å². The van der Waals surface area contributed by atoms with Gasteiger partial charge in [0.25, 0.3) is 0 Å². The van der Waals surface area contributed by atoms with Crippen LogP contribution in [0.4, 0.5) is 0 Å². The van der Waals surface area contributed by atoms with E-state index < -0.39 is 0 Å². The third kappa shape index (κ3) is 3.69. The van der Waals surface area contributed by atoms with Gasteiger partial charge in [-0.3, -0.25) is 0 Å². The molecule has 0 fully saturated rings.